The Bertz CT molecular complexity index is 920. The number of likely N-dealkylation sites (tertiary alicyclic amines) is 1. The molecule has 8 heteroatoms. The molecule has 0 radical (unpaired) electrons. The van der Waals surface area contributed by atoms with Gasteiger partial charge in [-0.3, -0.25) is 4.79 Å². The zero-order valence-electron chi connectivity index (χ0n) is 15.8. The summed E-state index contributed by atoms with van der Waals surface area (Å²) in [6.07, 6.45) is 3.55. The first kappa shape index (κ1) is 21.5. The molecule has 1 aromatic heterocycles. The van der Waals surface area contributed by atoms with Crippen LogP contribution in [0.2, 0.25) is 0 Å². The molecule has 0 bridgehead atoms. The first-order valence-electron chi connectivity index (χ1n) is 8.66. The lowest BCUT2D eigenvalue weighted by Crippen LogP contribution is -2.53. The molecule has 1 aliphatic rings. The molecule has 6 nitrogen and oxygen atoms in total. The summed E-state index contributed by atoms with van der Waals surface area (Å²) in [5.74, 6) is -0.164. The van der Waals surface area contributed by atoms with Crippen molar-refractivity contribution >= 4 is 28.3 Å². The van der Waals surface area contributed by atoms with Crippen molar-refractivity contribution in [3.63, 3.8) is 0 Å². The summed E-state index contributed by atoms with van der Waals surface area (Å²) in [6, 6.07) is 8.25. The molecule has 1 aliphatic heterocycles. The number of aryl methyl sites for hydroxylation is 1. The minimum atomic E-state index is -3.70. The summed E-state index contributed by atoms with van der Waals surface area (Å²) in [4.78, 5) is 14.7. The lowest BCUT2D eigenvalue weighted by molar-refractivity contribution is 0.0533. The molecule has 2 N–H and O–H groups in total. The summed E-state index contributed by atoms with van der Waals surface area (Å²) >= 11 is 0. The maximum absolute atomic E-state index is 12.8. The number of piperidine rings is 1. The molecule has 148 valence electrons. The minimum Gasteiger partial charge on any atom is -0.338 e. The highest BCUT2D eigenvalue weighted by Crippen LogP contribution is 2.28. The number of amides is 1. The van der Waals surface area contributed by atoms with Crippen LogP contribution < -0.4 is 5.73 Å². The maximum atomic E-state index is 12.8. The van der Waals surface area contributed by atoms with Gasteiger partial charge in [-0.15, -0.1) is 12.4 Å². The highest BCUT2D eigenvalue weighted by Gasteiger charge is 2.35. The summed E-state index contributed by atoms with van der Waals surface area (Å²) in [5.41, 5.74) is 7.32. The van der Waals surface area contributed by atoms with Crippen LogP contribution in [0.1, 0.15) is 36.2 Å². The molecule has 0 spiro atoms. The van der Waals surface area contributed by atoms with Gasteiger partial charge >= 0.3 is 0 Å². The highest BCUT2D eigenvalue weighted by molar-refractivity contribution is 7.90. The number of hydrogen-bond acceptors (Lipinski definition) is 4. The van der Waals surface area contributed by atoms with Gasteiger partial charge in [-0.1, -0.05) is 31.5 Å². The van der Waals surface area contributed by atoms with Crippen molar-refractivity contribution in [3.05, 3.63) is 53.9 Å². The summed E-state index contributed by atoms with van der Waals surface area (Å²) < 4.78 is 26.6. The number of nitrogens with two attached hydrogens (primary N) is 1. The van der Waals surface area contributed by atoms with Gasteiger partial charge in [-0.25, -0.2) is 12.4 Å². The molecule has 1 atom stereocenters. The number of hydrogen-bond donors (Lipinski definition) is 1. The number of aromatic nitrogens is 1. The molecule has 2 aromatic rings. The van der Waals surface area contributed by atoms with Crippen molar-refractivity contribution in [1.29, 1.82) is 0 Å². The molecule has 1 amide bonds. The van der Waals surface area contributed by atoms with E-state index in [9.17, 15) is 13.2 Å². The van der Waals surface area contributed by atoms with Crippen LogP contribution in [0.5, 0.6) is 0 Å². The van der Waals surface area contributed by atoms with Gasteiger partial charge < -0.3 is 10.6 Å². The van der Waals surface area contributed by atoms with E-state index in [2.05, 4.69) is 0 Å². The Labute approximate surface area is 166 Å². The van der Waals surface area contributed by atoms with E-state index >= 15 is 0 Å². The minimum absolute atomic E-state index is 0. The van der Waals surface area contributed by atoms with Crippen molar-refractivity contribution in [1.82, 2.24) is 8.87 Å². The van der Waals surface area contributed by atoms with Crippen LogP contribution in [0.15, 0.2) is 47.6 Å². The van der Waals surface area contributed by atoms with Gasteiger partial charge in [0.05, 0.1) is 10.5 Å². The van der Waals surface area contributed by atoms with E-state index in [0.717, 1.165) is 16.0 Å². The van der Waals surface area contributed by atoms with E-state index in [1.807, 2.05) is 20.8 Å². The van der Waals surface area contributed by atoms with E-state index in [0.29, 0.717) is 18.7 Å². The first-order chi connectivity index (χ1) is 12.1. The van der Waals surface area contributed by atoms with Crippen LogP contribution in [0.3, 0.4) is 0 Å². The summed E-state index contributed by atoms with van der Waals surface area (Å²) in [5, 5.41) is 0. The maximum Gasteiger partial charge on any atom is 0.267 e. The number of rotatable bonds is 3. The number of benzene rings is 1. The molecule has 0 aliphatic carbocycles. The van der Waals surface area contributed by atoms with E-state index in [1.165, 1.54) is 12.4 Å². The van der Waals surface area contributed by atoms with E-state index in [1.54, 1.807) is 35.2 Å². The smallest absolute Gasteiger partial charge is 0.267 e. The van der Waals surface area contributed by atoms with Crippen LogP contribution >= 0.6 is 12.4 Å². The molecular formula is C19H26ClN3O3S. The third kappa shape index (κ3) is 4.20. The predicted octanol–water partition coefficient (Wildman–Crippen LogP) is 2.65. The lowest BCUT2D eigenvalue weighted by Gasteiger charge is -2.42. The van der Waals surface area contributed by atoms with Crippen molar-refractivity contribution in [2.24, 2.45) is 11.1 Å². The average Bonchev–Trinajstić information content (AvgIpc) is 3.08. The fourth-order valence-corrected chi connectivity index (χ4v) is 4.41. The van der Waals surface area contributed by atoms with Gasteiger partial charge in [0.2, 0.25) is 0 Å². The second-order valence-corrected chi connectivity index (χ2v) is 9.50. The normalized spacial score (nSPS) is 19.4. The Morgan fingerprint density at radius 2 is 1.81 bits per heavy atom. The van der Waals surface area contributed by atoms with Gasteiger partial charge in [-0.05, 0) is 37.0 Å². The Morgan fingerprint density at radius 3 is 2.41 bits per heavy atom. The number of carbonyl (C=O) groups is 1. The lowest BCUT2D eigenvalue weighted by atomic mass is 9.79. The average molecular weight is 412 g/mol. The van der Waals surface area contributed by atoms with Gasteiger partial charge in [0.25, 0.3) is 15.9 Å². The summed E-state index contributed by atoms with van der Waals surface area (Å²) in [6.45, 7) is 7.13. The second kappa shape index (κ2) is 7.66. The largest absolute Gasteiger partial charge is 0.338 e. The second-order valence-electron chi connectivity index (χ2n) is 7.66. The number of nitrogens with zero attached hydrogens (tertiary/aromatic N) is 2. The SMILES string of the molecule is Cc1ccc(S(=O)(=O)n2ccc(C(=O)N3CCC(N)C(C)(C)C3)c2)cc1.Cl. The van der Waals surface area contributed by atoms with Gasteiger partial charge in [-0.2, -0.15) is 0 Å². The Morgan fingerprint density at radius 1 is 1.19 bits per heavy atom. The Kier molecular flexibility index (Phi) is 6.09. The number of halogens is 1. The van der Waals surface area contributed by atoms with E-state index in [4.69, 9.17) is 5.73 Å². The standard InChI is InChI=1S/C19H25N3O3S.ClH/c1-14-4-6-16(7-5-14)26(24,25)22-11-8-15(12-22)18(23)21-10-9-17(20)19(2,3)13-21;/h4-8,11-12,17H,9-10,13,20H2,1-3H3;1H. The van der Waals surface area contributed by atoms with Gasteiger partial charge in [0.15, 0.2) is 0 Å². The van der Waals surface area contributed by atoms with Crippen molar-refractivity contribution in [2.75, 3.05) is 13.1 Å². The zero-order valence-corrected chi connectivity index (χ0v) is 17.4. The van der Waals surface area contributed by atoms with E-state index < -0.39 is 10.0 Å². The molecule has 1 fully saturated rings. The molecule has 27 heavy (non-hydrogen) atoms. The van der Waals surface area contributed by atoms with Gasteiger partial charge in [0.1, 0.15) is 0 Å². The van der Waals surface area contributed by atoms with Crippen LogP contribution in [-0.2, 0) is 10.0 Å². The molecule has 1 aromatic carbocycles. The van der Waals surface area contributed by atoms with Gasteiger partial charge in [0, 0.05) is 31.5 Å². The zero-order chi connectivity index (χ0) is 19.1. The summed E-state index contributed by atoms with van der Waals surface area (Å²) in [7, 11) is -3.70. The van der Waals surface area contributed by atoms with Crippen LogP contribution in [0, 0.1) is 12.3 Å². The Hall–Kier alpha value is -1.83. The highest BCUT2D eigenvalue weighted by atomic mass is 35.5. The predicted molar refractivity (Wildman–Crippen MR) is 108 cm³/mol. The molecule has 1 unspecified atom stereocenters. The first-order valence-corrected chi connectivity index (χ1v) is 10.1. The van der Waals surface area contributed by atoms with Crippen molar-refractivity contribution in [2.45, 2.75) is 38.1 Å². The number of carbonyl (C=O) groups excluding carboxylic acids is 1. The fourth-order valence-electron chi connectivity index (χ4n) is 3.21. The molecule has 0 saturated carbocycles. The third-order valence-corrected chi connectivity index (χ3v) is 6.76. The topological polar surface area (TPSA) is 85.4 Å². The quantitative estimate of drug-likeness (QED) is 0.841. The van der Waals surface area contributed by atoms with Crippen LogP contribution in [-0.4, -0.2) is 42.3 Å². The fraction of sp³-hybridized carbons (Fsp3) is 0.421. The molecular weight excluding hydrogens is 386 g/mol. The van der Waals surface area contributed by atoms with E-state index in [-0.39, 0.29) is 34.7 Å². The Balaban J connectivity index is 0.00000261. The van der Waals surface area contributed by atoms with Crippen LogP contribution in [0.4, 0.5) is 0 Å². The molecule has 1 saturated heterocycles. The monoisotopic (exact) mass is 411 g/mol. The molecule has 3 rings (SSSR count). The van der Waals surface area contributed by atoms with Crippen LogP contribution in [0.25, 0.3) is 0 Å². The molecule has 2 heterocycles. The van der Waals surface area contributed by atoms with Crippen molar-refractivity contribution in [3.8, 4) is 0 Å². The third-order valence-electron chi connectivity index (χ3n) is 5.11. The van der Waals surface area contributed by atoms with Crippen molar-refractivity contribution < 1.29 is 13.2 Å².